The van der Waals surface area contributed by atoms with E-state index in [0.29, 0.717) is 13.0 Å². The number of carbonyl (C=O) groups is 1. The minimum absolute atomic E-state index is 0.0727. The number of nitrogens with two attached hydrogens (primary N) is 1. The average Bonchev–Trinajstić information content (AvgIpc) is 2.30. The van der Waals surface area contributed by atoms with Crippen molar-refractivity contribution >= 4 is 15.7 Å². The monoisotopic (exact) mass is 206 g/mol. The van der Waals surface area contributed by atoms with Crippen LogP contribution in [0.15, 0.2) is 0 Å². The third-order valence-corrected chi connectivity index (χ3v) is 3.74. The minimum atomic E-state index is -2.90. The fourth-order valence-corrected chi connectivity index (χ4v) is 3.01. The number of carbonyl (C=O) groups excluding carboxylic acids is 1. The van der Waals surface area contributed by atoms with Gasteiger partial charge in [-0.3, -0.25) is 4.79 Å². The van der Waals surface area contributed by atoms with Gasteiger partial charge in [0.15, 0.2) is 9.84 Å². The molecule has 6 heteroatoms. The van der Waals surface area contributed by atoms with Gasteiger partial charge in [0.05, 0.1) is 11.5 Å². The minimum Gasteiger partial charge on any atom is -0.352 e. The third-order valence-electron chi connectivity index (χ3n) is 1.97. The number of rotatable bonds is 3. The van der Waals surface area contributed by atoms with Crippen LogP contribution >= 0.6 is 0 Å². The Morgan fingerprint density at radius 1 is 1.54 bits per heavy atom. The molecule has 0 aromatic rings. The molecular formula is C7H14N2O3S. The first kappa shape index (κ1) is 10.5. The predicted molar refractivity (Wildman–Crippen MR) is 48.9 cm³/mol. The van der Waals surface area contributed by atoms with E-state index in [-0.39, 0.29) is 29.9 Å². The van der Waals surface area contributed by atoms with Crippen molar-refractivity contribution < 1.29 is 13.2 Å². The Kier molecular flexibility index (Phi) is 3.27. The molecule has 0 bridgehead atoms. The first-order valence-electron chi connectivity index (χ1n) is 4.23. The second-order valence-electron chi connectivity index (χ2n) is 3.21. The van der Waals surface area contributed by atoms with Crippen LogP contribution in [0, 0.1) is 0 Å². The van der Waals surface area contributed by atoms with Gasteiger partial charge in [0.25, 0.3) is 0 Å². The summed E-state index contributed by atoms with van der Waals surface area (Å²) in [5.41, 5.74) is 5.18. The molecule has 1 rings (SSSR count). The molecule has 0 aliphatic carbocycles. The molecule has 5 nitrogen and oxygen atoms in total. The maximum absolute atomic E-state index is 11.0. The van der Waals surface area contributed by atoms with Gasteiger partial charge in [0.2, 0.25) is 5.91 Å². The Bertz CT molecular complexity index is 286. The van der Waals surface area contributed by atoms with Gasteiger partial charge in [-0.2, -0.15) is 0 Å². The standard InChI is InChI=1S/C7H14N2O3S/c8-3-1-7(10)9-6-2-4-13(11,12)5-6/h6H,1-5,8H2,(H,9,10)/t6-/m0/s1. The summed E-state index contributed by atoms with van der Waals surface area (Å²) in [6.07, 6.45) is 0.787. The summed E-state index contributed by atoms with van der Waals surface area (Å²) in [5, 5.41) is 2.64. The second-order valence-corrected chi connectivity index (χ2v) is 5.43. The van der Waals surface area contributed by atoms with Crippen molar-refractivity contribution in [1.29, 1.82) is 0 Å². The summed E-state index contributed by atoms with van der Waals surface area (Å²) in [4.78, 5) is 11.0. The smallest absolute Gasteiger partial charge is 0.221 e. The van der Waals surface area contributed by atoms with E-state index in [1.54, 1.807) is 0 Å². The summed E-state index contributed by atoms with van der Waals surface area (Å²) < 4.78 is 22.0. The van der Waals surface area contributed by atoms with E-state index < -0.39 is 9.84 Å². The summed E-state index contributed by atoms with van der Waals surface area (Å²) in [6.45, 7) is 0.297. The molecule has 1 aliphatic rings. The molecule has 13 heavy (non-hydrogen) atoms. The van der Waals surface area contributed by atoms with E-state index in [9.17, 15) is 13.2 Å². The lowest BCUT2D eigenvalue weighted by Gasteiger charge is -2.09. The highest BCUT2D eigenvalue weighted by molar-refractivity contribution is 7.91. The van der Waals surface area contributed by atoms with Crippen LogP contribution in [-0.4, -0.2) is 38.4 Å². The number of amides is 1. The topological polar surface area (TPSA) is 89.3 Å². The Labute approximate surface area is 77.6 Å². The fourth-order valence-electron chi connectivity index (χ4n) is 1.34. The molecular weight excluding hydrogens is 192 g/mol. The van der Waals surface area contributed by atoms with Gasteiger partial charge in [-0.05, 0) is 6.42 Å². The summed E-state index contributed by atoms with van der Waals surface area (Å²) in [6, 6.07) is -0.205. The Balaban J connectivity index is 2.36. The maximum Gasteiger partial charge on any atom is 0.221 e. The molecule has 0 spiro atoms. The van der Waals surface area contributed by atoms with Crippen LogP contribution in [0.3, 0.4) is 0 Å². The Morgan fingerprint density at radius 3 is 2.69 bits per heavy atom. The van der Waals surface area contributed by atoms with Crippen LogP contribution in [0.4, 0.5) is 0 Å². The van der Waals surface area contributed by atoms with Crippen LogP contribution in [0.2, 0.25) is 0 Å². The molecule has 1 atom stereocenters. The van der Waals surface area contributed by atoms with E-state index >= 15 is 0 Å². The fraction of sp³-hybridized carbons (Fsp3) is 0.857. The number of nitrogens with one attached hydrogen (secondary N) is 1. The first-order chi connectivity index (χ1) is 6.03. The van der Waals surface area contributed by atoms with Crippen molar-refractivity contribution in [3.8, 4) is 0 Å². The van der Waals surface area contributed by atoms with Gasteiger partial charge in [0.1, 0.15) is 0 Å². The molecule has 0 aromatic heterocycles. The SMILES string of the molecule is NCCC(=O)N[C@H]1CCS(=O)(=O)C1. The van der Waals surface area contributed by atoms with Crippen LogP contribution in [-0.2, 0) is 14.6 Å². The predicted octanol–water partition coefficient (Wildman–Crippen LogP) is -1.36. The molecule has 1 saturated heterocycles. The van der Waals surface area contributed by atoms with Crippen molar-refractivity contribution in [1.82, 2.24) is 5.32 Å². The third kappa shape index (κ3) is 3.31. The van der Waals surface area contributed by atoms with Crippen LogP contribution in [0.1, 0.15) is 12.8 Å². The molecule has 0 saturated carbocycles. The van der Waals surface area contributed by atoms with Crippen LogP contribution in [0.25, 0.3) is 0 Å². The van der Waals surface area contributed by atoms with Crippen molar-refractivity contribution in [3.63, 3.8) is 0 Å². The van der Waals surface area contributed by atoms with E-state index in [1.165, 1.54) is 0 Å². The zero-order chi connectivity index (χ0) is 9.90. The molecule has 0 aromatic carbocycles. The summed E-state index contributed by atoms with van der Waals surface area (Å²) >= 11 is 0. The number of hydrogen-bond donors (Lipinski definition) is 2. The van der Waals surface area contributed by atoms with Crippen molar-refractivity contribution in [2.45, 2.75) is 18.9 Å². The summed E-state index contributed by atoms with van der Waals surface area (Å²) in [7, 11) is -2.90. The number of hydrogen-bond acceptors (Lipinski definition) is 4. The first-order valence-corrected chi connectivity index (χ1v) is 6.05. The number of sulfone groups is 1. The van der Waals surface area contributed by atoms with Crippen molar-refractivity contribution in [3.05, 3.63) is 0 Å². The highest BCUT2D eigenvalue weighted by Gasteiger charge is 2.28. The molecule has 0 unspecified atom stereocenters. The quantitative estimate of drug-likeness (QED) is 0.596. The molecule has 1 amide bonds. The average molecular weight is 206 g/mol. The van der Waals surface area contributed by atoms with Crippen LogP contribution in [0.5, 0.6) is 0 Å². The molecule has 1 aliphatic heterocycles. The largest absolute Gasteiger partial charge is 0.352 e. The highest BCUT2D eigenvalue weighted by atomic mass is 32.2. The van der Waals surface area contributed by atoms with E-state index in [2.05, 4.69) is 5.32 Å². The highest BCUT2D eigenvalue weighted by Crippen LogP contribution is 2.10. The molecule has 0 radical (unpaired) electrons. The van der Waals surface area contributed by atoms with Crippen LogP contribution < -0.4 is 11.1 Å². The molecule has 1 fully saturated rings. The lowest BCUT2D eigenvalue weighted by atomic mass is 10.2. The zero-order valence-corrected chi connectivity index (χ0v) is 8.14. The molecule has 1 heterocycles. The van der Waals surface area contributed by atoms with Gasteiger partial charge in [-0.15, -0.1) is 0 Å². The van der Waals surface area contributed by atoms with E-state index in [0.717, 1.165) is 0 Å². The molecule has 76 valence electrons. The maximum atomic E-state index is 11.0. The lowest BCUT2D eigenvalue weighted by Crippen LogP contribution is -2.36. The zero-order valence-electron chi connectivity index (χ0n) is 7.32. The van der Waals surface area contributed by atoms with Gasteiger partial charge >= 0.3 is 0 Å². The van der Waals surface area contributed by atoms with Crippen molar-refractivity contribution in [2.24, 2.45) is 5.73 Å². The Morgan fingerprint density at radius 2 is 2.23 bits per heavy atom. The second kappa shape index (κ2) is 4.06. The van der Waals surface area contributed by atoms with Gasteiger partial charge in [-0.1, -0.05) is 0 Å². The summed E-state index contributed by atoms with van der Waals surface area (Å²) in [5.74, 6) is 0.0914. The van der Waals surface area contributed by atoms with E-state index in [4.69, 9.17) is 5.73 Å². The van der Waals surface area contributed by atoms with Gasteiger partial charge in [-0.25, -0.2) is 8.42 Å². The van der Waals surface area contributed by atoms with E-state index in [1.807, 2.05) is 0 Å². The van der Waals surface area contributed by atoms with Gasteiger partial charge in [0, 0.05) is 19.0 Å². The van der Waals surface area contributed by atoms with Gasteiger partial charge < -0.3 is 11.1 Å². The lowest BCUT2D eigenvalue weighted by molar-refractivity contribution is -0.121. The normalized spacial score (nSPS) is 25.8. The Hall–Kier alpha value is -0.620. The molecule has 3 N–H and O–H groups in total. The van der Waals surface area contributed by atoms with Crippen molar-refractivity contribution in [2.75, 3.05) is 18.1 Å².